The van der Waals surface area contributed by atoms with Crippen molar-refractivity contribution in [2.75, 3.05) is 29.9 Å². The molecule has 4 fully saturated rings. The zero-order chi connectivity index (χ0) is 20.7. The van der Waals surface area contributed by atoms with Gasteiger partial charge in [-0.15, -0.1) is 0 Å². The van der Waals surface area contributed by atoms with Gasteiger partial charge in [0.15, 0.2) is 0 Å². The third-order valence-electron chi connectivity index (χ3n) is 7.52. The number of carbonyl (C=O) groups excluding carboxylic acids is 2. The highest BCUT2D eigenvalue weighted by molar-refractivity contribution is 5.94. The van der Waals surface area contributed by atoms with Crippen LogP contribution in [0.25, 0.3) is 0 Å². The molecule has 1 atom stereocenters. The summed E-state index contributed by atoms with van der Waals surface area (Å²) in [4.78, 5) is 34.3. The third-order valence-corrected chi connectivity index (χ3v) is 7.52. The number of hydrogen-bond acceptors (Lipinski definition) is 5. The number of aromatic nitrogens is 1. The van der Waals surface area contributed by atoms with Crippen molar-refractivity contribution in [1.82, 2.24) is 9.88 Å². The predicted molar refractivity (Wildman–Crippen MR) is 114 cm³/mol. The molecule has 1 aromatic rings. The average Bonchev–Trinajstić information content (AvgIpc) is 3.57. The Morgan fingerprint density at radius 2 is 1.90 bits per heavy atom. The minimum Gasteiger partial charge on any atom is -0.393 e. The van der Waals surface area contributed by atoms with E-state index in [9.17, 15) is 14.7 Å². The smallest absolute Gasteiger partial charge is 0.230 e. The Kier molecular flexibility index (Phi) is 5.17. The highest BCUT2D eigenvalue weighted by atomic mass is 16.3. The highest BCUT2D eigenvalue weighted by Crippen LogP contribution is 2.43. The Bertz CT molecular complexity index is 801. The summed E-state index contributed by atoms with van der Waals surface area (Å²) in [6.07, 6.45) is 9.81. The molecule has 30 heavy (non-hydrogen) atoms. The van der Waals surface area contributed by atoms with Crippen LogP contribution in [0.3, 0.4) is 0 Å². The van der Waals surface area contributed by atoms with Gasteiger partial charge in [0, 0.05) is 31.6 Å². The monoisotopic (exact) mass is 412 g/mol. The van der Waals surface area contributed by atoms with E-state index in [4.69, 9.17) is 0 Å². The molecule has 1 aromatic heterocycles. The number of piperidine rings is 1. The molecule has 2 amide bonds. The molecule has 1 spiro atoms. The van der Waals surface area contributed by atoms with E-state index in [-0.39, 0.29) is 23.3 Å². The number of aliphatic hydroxyl groups is 1. The minimum absolute atomic E-state index is 0.0911. The number of amides is 2. The molecular formula is C23H32N4O3. The number of nitrogens with zero attached hydrogens (tertiary/aromatic N) is 3. The van der Waals surface area contributed by atoms with Crippen LogP contribution >= 0.6 is 0 Å². The zero-order valence-corrected chi connectivity index (χ0v) is 17.6. The van der Waals surface area contributed by atoms with Crippen LogP contribution in [0.5, 0.6) is 0 Å². The fourth-order valence-electron chi connectivity index (χ4n) is 5.51. The maximum absolute atomic E-state index is 13.5. The molecule has 7 nitrogen and oxygen atoms in total. The fourth-order valence-corrected chi connectivity index (χ4v) is 5.51. The van der Waals surface area contributed by atoms with Crippen LogP contribution in [0, 0.1) is 11.3 Å². The normalized spacial score (nSPS) is 32.0. The lowest BCUT2D eigenvalue weighted by molar-refractivity contribution is -0.139. The van der Waals surface area contributed by atoms with E-state index in [1.807, 2.05) is 12.1 Å². The molecule has 5 rings (SSSR count). The van der Waals surface area contributed by atoms with Gasteiger partial charge in [-0.3, -0.25) is 9.59 Å². The van der Waals surface area contributed by atoms with Crippen LogP contribution in [-0.4, -0.2) is 58.6 Å². The van der Waals surface area contributed by atoms with E-state index in [0.717, 1.165) is 88.9 Å². The number of anilines is 2. The first-order chi connectivity index (χ1) is 14.5. The summed E-state index contributed by atoms with van der Waals surface area (Å²) in [6.45, 7) is 2.47. The number of aliphatic hydroxyl groups excluding tert-OH is 1. The Balaban J connectivity index is 1.24. The van der Waals surface area contributed by atoms with E-state index < -0.39 is 0 Å². The standard InChI is InChI=1S/C23H32N4O3/c28-19-7-5-18(6-8-19)27-13-11-23(22(27)30)10-1-12-26(15-23)20-9-4-17(14-24-20)25-21(29)16-2-3-16/h4,9,14,16,18-19,28H,1-3,5-8,10-13,15H2,(H,25,29)/t18-,19-,23-/m0/s1. The second-order valence-electron chi connectivity index (χ2n) is 9.68. The molecule has 2 saturated carbocycles. The van der Waals surface area contributed by atoms with Crippen LogP contribution in [0.4, 0.5) is 11.5 Å². The lowest BCUT2D eigenvalue weighted by Crippen LogP contribution is -2.50. The van der Waals surface area contributed by atoms with Crippen molar-refractivity contribution in [3.8, 4) is 0 Å². The maximum atomic E-state index is 13.5. The molecule has 0 unspecified atom stereocenters. The minimum atomic E-state index is -0.297. The van der Waals surface area contributed by atoms with Crippen LogP contribution in [-0.2, 0) is 9.59 Å². The predicted octanol–water partition coefficient (Wildman–Crippen LogP) is 2.55. The SMILES string of the molecule is O=C(Nc1ccc(N2CCC[C@]3(CCN([C@H]4CC[C@H](O)CC4)C3=O)C2)nc1)C1CC1. The molecule has 4 aliphatic rings. The number of rotatable bonds is 4. The average molecular weight is 413 g/mol. The summed E-state index contributed by atoms with van der Waals surface area (Å²) in [6, 6.07) is 4.17. The number of carbonyl (C=O) groups is 2. The first-order valence-corrected chi connectivity index (χ1v) is 11.6. The van der Waals surface area contributed by atoms with Gasteiger partial charge in [-0.2, -0.15) is 0 Å². The molecule has 7 heteroatoms. The van der Waals surface area contributed by atoms with Gasteiger partial charge in [0.1, 0.15) is 5.82 Å². The summed E-state index contributed by atoms with van der Waals surface area (Å²) in [7, 11) is 0. The molecule has 2 N–H and O–H groups in total. The van der Waals surface area contributed by atoms with Crippen molar-refractivity contribution in [2.24, 2.45) is 11.3 Å². The molecule has 0 aromatic carbocycles. The quantitative estimate of drug-likeness (QED) is 0.794. The van der Waals surface area contributed by atoms with Crippen molar-refractivity contribution >= 4 is 23.3 Å². The van der Waals surface area contributed by atoms with Crippen molar-refractivity contribution in [1.29, 1.82) is 0 Å². The first kappa shape index (κ1) is 19.8. The van der Waals surface area contributed by atoms with Crippen molar-refractivity contribution in [3.63, 3.8) is 0 Å². The molecule has 2 aliphatic heterocycles. The van der Waals surface area contributed by atoms with E-state index in [1.165, 1.54) is 0 Å². The molecule has 0 bridgehead atoms. The second-order valence-corrected chi connectivity index (χ2v) is 9.68. The van der Waals surface area contributed by atoms with Gasteiger partial charge in [0.25, 0.3) is 0 Å². The topological polar surface area (TPSA) is 85.8 Å². The fraction of sp³-hybridized carbons (Fsp3) is 0.696. The summed E-state index contributed by atoms with van der Waals surface area (Å²) in [5.41, 5.74) is 0.444. The van der Waals surface area contributed by atoms with Crippen molar-refractivity contribution in [3.05, 3.63) is 18.3 Å². The zero-order valence-electron chi connectivity index (χ0n) is 17.6. The molecular weight excluding hydrogens is 380 g/mol. The molecule has 2 saturated heterocycles. The lowest BCUT2D eigenvalue weighted by Gasteiger charge is -2.41. The Morgan fingerprint density at radius 1 is 1.10 bits per heavy atom. The maximum Gasteiger partial charge on any atom is 0.230 e. The Morgan fingerprint density at radius 3 is 2.60 bits per heavy atom. The number of likely N-dealkylation sites (tertiary alicyclic amines) is 1. The van der Waals surface area contributed by atoms with Crippen molar-refractivity contribution < 1.29 is 14.7 Å². The summed E-state index contributed by atoms with van der Waals surface area (Å²) in [5.74, 6) is 1.45. The molecule has 0 radical (unpaired) electrons. The first-order valence-electron chi connectivity index (χ1n) is 11.6. The van der Waals surface area contributed by atoms with Gasteiger partial charge in [-0.25, -0.2) is 4.98 Å². The Hall–Kier alpha value is -2.15. The Labute approximate surface area is 177 Å². The van der Waals surface area contributed by atoms with Gasteiger partial charge in [0.05, 0.1) is 23.4 Å². The molecule has 2 aliphatic carbocycles. The van der Waals surface area contributed by atoms with E-state index >= 15 is 0 Å². The van der Waals surface area contributed by atoms with Gasteiger partial charge in [-0.1, -0.05) is 0 Å². The second kappa shape index (κ2) is 7.84. The number of pyridine rings is 1. The molecule has 3 heterocycles. The number of hydrogen-bond donors (Lipinski definition) is 2. The van der Waals surface area contributed by atoms with Gasteiger partial charge >= 0.3 is 0 Å². The van der Waals surface area contributed by atoms with E-state index in [1.54, 1.807) is 6.20 Å². The molecule has 162 valence electrons. The van der Waals surface area contributed by atoms with Crippen LogP contribution in [0.1, 0.15) is 57.8 Å². The largest absolute Gasteiger partial charge is 0.393 e. The summed E-state index contributed by atoms with van der Waals surface area (Å²) < 4.78 is 0. The highest BCUT2D eigenvalue weighted by Gasteiger charge is 2.50. The van der Waals surface area contributed by atoms with Crippen LogP contribution in [0.2, 0.25) is 0 Å². The lowest BCUT2D eigenvalue weighted by atomic mass is 9.78. The van der Waals surface area contributed by atoms with Crippen LogP contribution < -0.4 is 10.2 Å². The van der Waals surface area contributed by atoms with E-state index in [0.29, 0.717) is 11.9 Å². The number of nitrogens with one attached hydrogen (secondary N) is 1. The van der Waals surface area contributed by atoms with E-state index in [2.05, 4.69) is 20.1 Å². The summed E-state index contributed by atoms with van der Waals surface area (Å²) in [5, 5.41) is 12.7. The third kappa shape index (κ3) is 3.80. The summed E-state index contributed by atoms with van der Waals surface area (Å²) >= 11 is 0. The van der Waals surface area contributed by atoms with Gasteiger partial charge in [-0.05, 0) is 69.9 Å². The van der Waals surface area contributed by atoms with Gasteiger partial charge in [0.2, 0.25) is 11.8 Å². The van der Waals surface area contributed by atoms with Crippen LogP contribution in [0.15, 0.2) is 18.3 Å². The van der Waals surface area contributed by atoms with Gasteiger partial charge < -0.3 is 20.2 Å². The van der Waals surface area contributed by atoms with Crippen molar-refractivity contribution in [2.45, 2.75) is 69.9 Å².